The Morgan fingerprint density at radius 3 is 2.50 bits per heavy atom. The van der Waals surface area contributed by atoms with Crippen molar-refractivity contribution in [2.75, 3.05) is 39.9 Å². The summed E-state index contributed by atoms with van der Waals surface area (Å²) in [5.74, 6) is 0. The van der Waals surface area contributed by atoms with Gasteiger partial charge in [0.1, 0.15) is 0 Å². The molecular weight excluding hydrogens is 224 g/mol. The Morgan fingerprint density at radius 1 is 1.17 bits per heavy atom. The van der Waals surface area contributed by atoms with E-state index in [0.717, 1.165) is 19.8 Å². The lowest BCUT2D eigenvalue weighted by Gasteiger charge is -2.48. The van der Waals surface area contributed by atoms with Crippen LogP contribution >= 0.6 is 0 Å². The molecule has 1 saturated carbocycles. The van der Waals surface area contributed by atoms with Crippen LogP contribution in [0.15, 0.2) is 0 Å². The number of nitrogens with one attached hydrogen (secondary N) is 1. The monoisotopic (exact) mass is 254 g/mol. The highest BCUT2D eigenvalue weighted by Gasteiger charge is 2.39. The largest absolute Gasteiger partial charge is 0.378 e. The minimum atomic E-state index is 0.205. The predicted octanol–water partition coefficient (Wildman–Crippen LogP) is 2.27. The zero-order valence-electron chi connectivity index (χ0n) is 12.4. The van der Waals surface area contributed by atoms with E-state index in [1.54, 1.807) is 0 Å². The van der Waals surface area contributed by atoms with E-state index in [2.05, 4.69) is 31.1 Å². The molecule has 1 heterocycles. The van der Waals surface area contributed by atoms with Crippen LogP contribution in [-0.4, -0.2) is 50.3 Å². The van der Waals surface area contributed by atoms with Crippen molar-refractivity contribution < 1.29 is 4.74 Å². The second kappa shape index (κ2) is 5.89. The van der Waals surface area contributed by atoms with E-state index in [4.69, 9.17) is 4.74 Å². The first-order chi connectivity index (χ1) is 8.58. The van der Waals surface area contributed by atoms with Crippen molar-refractivity contribution >= 4 is 0 Å². The van der Waals surface area contributed by atoms with Crippen molar-refractivity contribution in [3.63, 3.8) is 0 Å². The summed E-state index contributed by atoms with van der Waals surface area (Å²) in [6.45, 7) is 9.93. The third kappa shape index (κ3) is 3.25. The smallest absolute Gasteiger partial charge is 0.0645 e. The van der Waals surface area contributed by atoms with E-state index in [9.17, 15) is 0 Å². The normalized spacial score (nSPS) is 28.2. The van der Waals surface area contributed by atoms with Crippen LogP contribution in [0.1, 0.15) is 46.0 Å². The molecule has 2 aliphatic rings. The summed E-state index contributed by atoms with van der Waals surface area (Å²) >= 11 is 0. The van der Waals surface area contributed by atoms with Gasteiger partial charge in [-0.2, -0.15) is 0 Å². The van der Waals surface area contributed by atoms with Crippen LogP contribution in [0.5, 0.6) is 0 Å². The highest BCUT2D eigenvalue weighted by atomic mass is 16.5. The maximum absolute atomic E-state index is 5.64. The van der Waals surface area contributed by atoms with Gasteiger partial charge in [-0.3, -0.25) is 4.90 Å². The first-order valence-corrected chi connectivity index (χ1v) is 7.55. The van der Waals surface area contributed by atoms with Gasteiger partial charge in [-0.1, -0.05) is 19.3 Å². The molecule has 1 saturated heterocycles. The zero-order valence-corrected chi connectivity index (χ0v) is 12.4. The molecule has 1 N–H and O–H groups in total. The van der Waals surface area contributed by atoms with Gasteiger partial charge < -0.3 is 10.1 Å². The van der Waals surface area contributed by atoms with Gasteiger partial charge in [0.25, 0.3) is 0 Å². The molecule has 1 aliphatic carbocycles. The topological polar surface area (TPSA) is 24.5 Å². The average molecular weight is 254 g/mol. The van der Waals surface area contributed by atoms with Gasteiger partial charge in [-0.25, -0.2) is 0 Å². The fraction of sp³-hybridized carbons (Fsp3) is 1.00. The van der Waals surface area contributed by atoms with Crippen molar-refractivity contribution in [1.82, 2.24) is 10.2 Å². The van der Waals surface area contributed by atoms with Crippen LogP contribution in [0, 0.1) is 5.41 Å². The molecule has 1 aliphatic heterocycles. The van der Waals surface area contributed by atoms with E-state index in [1.807, 2.05) is 0 Å². The molecule has 0 aromatic carbocycles. The minimum absolute atomic E-state index is 0.205. The summed E-state index contributed by atoms with van der Waals surface area (Å²) in [5.41, 5.74) is 0.706. The Bertz CT molecular complexity index is 254. The number of ether oxygens (including phenoxy) is 1. The Morgan fingerprint density at radius 2 is 1.89 bits per heavy atom. The number of hydrogen-bond acceptors (Lipinski definition) is 3. The number of nitrogens with zero attached hydrogens (tertiary/aromatic N) is 1. The fourth-order valence-corrected chi connectivity index (χ4v) is 3.66. The second-order valence-electron chi connectivity index (χ2n) is 6.88. The molecule has 0 unspecified atom stereocenters. The third-order valence-electron chi connectivity index (χ3n) is 4.81. The summed E-state index contributed by atoms with van der Waals surface area (Å²) in [4.78, 5) is 2.67. The Hall–Kier alpha value is -0.120. The van der Waals surface area contributed by atoms with Crippen LogP contribution in [0.2, 0.25) is 0 Å². The van der Waals surface area contributed by atoms with E-state index >= 15 is 0 Å². The minimum Gasteiger partial charge on any atom is -0.378 e. The van der Waals surface area contributed by atoms with Crippen LogP contribution in [0.4, 0.5) is 0 Å². The summed E-state index contributed by atoms with van der Waals surface area (Å²) in [6, 6.07) is 0. The summed E-state index contributed by atoms with van der Waals surface area (Å²) in [6.07, 6.45) is 7.03. The number of hydrogen-bond donors (Lipinski definition) is 1. The van der Waals surface area contributed by atoms with E-state index in [1.165, 1.54) is 45.2 Å². The standard InChI is InChI=1S/C15H30N2O/c1-14(2)13-18-10-9-17(14)12-15(11-16-3)7-5-4-6-8-15/h16H,4-13H2,1-3H3. The van der Waals surface area contributed by atoms with Gasteiger partial charge in [-0.05, 0) is 39.2 Å². The molecule has 0 aromatic rings. The second-order valence-corrected chi connectivity index (χ2v) is 6.88. The van der Waals surface area contributed by atoms with Gasteiger partial charge in [0.15, 0.2) is 0 Å². The maximum Gasteiger partial charge on any atom is 0.0645 e. The maximum atomic E-state index is 5.64. The lowest BCUT2D eigenvalue weighted by atomic mass is 9.73. The fourth-order valence-electron chi connectivity index (χ4n) is 3.66. The molecule has 2 fully saturated rings. The number of rotatable bonds is 4. The van der Waals surface area contributed by atoms with Gasteiger partial charge in [0, 0.05) is 25.2 Å². The van der Waals surface area contributed by atoms with Crippen LogP contribution in [-0.2, 0) is 4.74 Å². The average Bonchev–Trinajstić information content (AvgIpc) is 2.33. The van der Waals surface area contributed by atoms with E-state index < -0.39 is 0 Å². The zero-order chi connectivity index (χ0) is 13.1. The molecule has 0 bridgehead atoms. The number of morpholine rings is 1. The predicted molar refractivity (Wildman–Crippen MR) is 75.9 cm³/mol. The molecule has 0 spiro atoms. The molecule has 3 nitrogen and oxygen atoms in total. The molecule has 18 heavy (non-hydrogen) atoms. The van der Waals surface area contributed by atoms with Crippen LogP contribution in [0.25, 0.3) is 0 Å². The molecule has 106 valence electrons. The van der Waals surface area contributed by atoms with E-state index in [0.29, 0.717) is 5.41 Å². The van der Waals surface area contributed by atoms with Crippen molar-refractivity contribution in [2.45, 2.75) is 51.5 Å². The highest BCUT2D eigenvalue weighted by Crippen LogP contribution is 2.38. The highest BCUT2D eigenvalue weighted by molar-refractivity contribution is 4.93. The van der Waals surface area contributed by atoms with Gasteiger partial charge >= 0.3 is 0 Å². The molecule has 0 amide bonds. The molecular formula is C15H30N2O. The summed E-state index contributed by atoms with van der Waals surface area (Å²) < 4.78 is 5.64. The SMILES string of the molecule is CNCC1(CN2CCOCC2(C)C)CCCCC1. The lowest BCUT2D eigenvalue weighted by molar-refractivity contribution is -0.0724. The van der Waals surface area contributed by atoms with Crippen LogP contribution < -0.4 is 5.32 Å². The van der Waals surface area contributed by atoms with Crippen molar-refractivity contribution in [1.29, 1.82) is 0 Å². The lowest BCUT2D eigenvalue weighted by Crippen LogP contribution is -2.57. The first kappa shape index (κ1) is 14.3. The Balaban J connectivity index is 2.03. The molecule has 0 radical (unpaired) electrons. The van der Waals surface area contributed by atoms with Crippen LogP contribution in [0.3, 0.4) is 0 Å². The molecule has 2 rings (SSSR count). The Kier molecular flexibility index (Phi) is 4.68. The summed E-state index contributed by atoms with van der Waals surface area (Å²) in [5, 5.41) is 3.44. The summed E-state index contributed by atoms with van der Waals surface area (Å²) in [7, 11) is 2.10. The van der Waals surface area contributed by atoms with Gasteiger partial charge in [0.2, 0.25) is 0 Å². The quantitative estimate of drug-likeness (QED) is 0.833. The van der Waals surface area contributed by atoms with E-state index in [-0.39, 0.29) is 5.54 Å². The molecule has 0 aromatic heterocycles. The first-order valence-electron chi connectivity index (χ1n) is 7.55. The third-order valence-corrected chi connectivity index (χ3v) is 4.81. The molecule has 0 atom stereocenters. The van der Waals surface area contributed by atoms with Gasteiger partial charge in [0.05, 0.1) is 13.2 Å². The van der Waals surface area contributed by atoms with Gasteiger partial charge in [-0.15, -0.1) is 0 Å². The molecule has 3 heteroatoms. The van der Waals surface area contributed by atoms with Crippen molar-refractivity contribution in [2.24, 2.45) is 5.41 Å². The van der Waals surface area contributed by atoms with Crippen molar-refractivity contribution in [3.8, 4) is 0 Å². The Labute approximate surface area is 112 Å². The van der Waals surface area contributed by atoms with Crippen molar-refractivity contribution in [3.05, 3.63) is 0 Å².